The summed E-state index contributed by atoms with van der Waals surface area (Å²) in [6.07, 6.45) is 2.69. The molecule has 0 aliphatic heterocycles. The van der Waals surface area contributed by atoms with Crippen molar-refractivity contribution in [2.75, 3.05) is 0 Å². The predicted octanol–water partition coefficient (Wildman–Crippen LogP) is 3.96. The summed E-state index contributed by atoms with van der Waals surface area (Å²) < 4.78 is 1.20. The van der Waals surface area contributed by atoms with Crippen LogP contribution in [0.3, 0.4) is 0 Å². The average Bonchev–Trinajstić information content (AvgIpc) is 2.49. The minimum atomic E-state index is 0.504. The second-order valence-electron chi connectivity index (χ2n) is 4.33. The molecule has 1 N–H and O–H groups in total. The Kier molecular flexibility index (Phi) is 3.30. The van der Waals surface area contributed by atoms with Gasteiger partial charge in [0.2, 0.25) is 0 Å². The molecule has 0 spiro atoms. The molecule has 1 nitrogen and oxygen atoms in total. The smallest absolute Gasteiger partial charge is 0.0388 e. The Labute approximate surface area is 98.0 Å². The Hall–Kier alpha value is 0.140. The van der Waals surface area contributed by atoms with Gasteiger partial charge < -0.3 is 5.32 Å². The van der Waals surface area contributed by atoms with Crippen LogP contribution >= 0.6 is 27.3 Å². The minimum absolute atomic E-state index is 0.504. The van der Waals surface area contributed by atoms with Gasteiger partial charge in [0.05, 0.1) is 0 Å². The van der Waals surface area contributed by atoms with Crippen LogP contribution in [-0.4, -0.2) is 6.04 Å². The summed E-state index contributed by atoms with van der Waals surface area (Å²) in [6.45, 7) is 4.58. The first-order valence-electron chi connectivity index (χ1n) is 5.15. The molecule has 1 saturated carbocycles. The molecule has 14 heavy (non-hydrogen) atoms. The number of hydrogen-bond acceptors (Lipinski definition) is 2. The summed E-state index contributed by atoms with van der Waals surface area (Å²) in [6, 6.07) is 3.47. The Morgan fingerprint density at radius 2 is 2.29 bits per heavy atom. The van der Waals surface area contributed by atoms with Gasteiger partial charge in [0, 0.05) is 26.8 Å². The van der Waals surface area contributed by atoms with E-state index in [1.165, 1.54) is 22.2 Å². The SMILES string of the molecule is CC1CC(NC(C)c2cc(Br)cs2)C1. The van der Waals surface area contributed by atoms with E-state index >= 15 is 0 Å². The molecule has 0 radical (unpaired) electrons. The third kappa shape index (κ3) is 2.38. The Balaban J connectivity index is 1.86. The molecule has 78 valence electrons. The van der Waals surface area contributed by atoms with Crippen LogP contribution in [0, 0.1) is 5.92 Å². The molecule has 1 unspecified atom stereocenters. The van der Waals surface area contributed by atoms with E-state index < -0.39 is 0 Å². The minimum Gasteiger partial charge on any atom is -0.307 e. The number of halogens is 1. The highest BCUT2D eigenvalue weighted by atomic mass is 79.9. The molecular formula is C11H16BrNS. The number of thiophene rings is 1. The highest BCUT2D eigenvalue weighted by Crippen LogP contribution is 2.31. The van der Waals surface area contributed by atoms with Crippen LogP contribution in [0.4, 0.5) is 0 Å². The van der Waals surface area contributed by atoms with Gasteiger partial charge in [-0.1, -0.05) is 6.92 Å². The number of rotatable bonds is 3. The van der Waals surface area contributed by atoms with Crippen LogP contribution in [-0.2, 0) is 0 Å². The van der Waals surface area contributed by atoms with Gasteiger partial charge >= 0.3 is 0 Å². The molecule has 1 fully saturated rings. The van der Waals surface area contributed by atoms with Crippen molar-refractivity contribution in [1.82, 2.24) is 5.32 Å². The largest absolute Gasteiger partial charge is 0.307 e. The van der Waals surface area contributed by atoms with Crippen LogP contribution in [0.15, 0.2) is 15.9 Å². The van der Waals surface area contributed by atoms with E-state index in [1.807, 2.05) is 11.3 Å². The average molecular weight is 274 g/mol. The quantitative estimate of drug-likeness (QED) is 0.879. The van der Waals surface area contributed by atoms with Crippen molar-refractivity contribution in [2.45, 2.75) is 38.8 Å². The Morgan fingerprint density at radius 3 is 2.79 bits per heavy atom. The third-order valence-electron chi connectivity index (χ3n) is 2.87. The third-order valence-corrected chi connectivity index (χ3v) is 4.75. The molecule has 1 heterocycles. The van der Waals surface area contributed by atoms with Crippen molar-refractivity contribution in [3.8, 4) is 0 Å². The molecule has 1 aliphatic carbocycles. The first-order chi connectivity index (χ1) is 6.65. The number of nitrogens with one attached hydrogen (secondary N) is 1. The number of hydrogen-bond donors (Lipinski definition) is 1. The zero-order valence-electron chi connectivity index (χ0n) is 8.59. The first-order valence-corrected chi connectivity index (χ1v) is 6.82. The lowest BCUT2D eigenvalue weighted by Gasteiger charge is -2.35. The predicted molar refractivity (Wildman–Crippen MR) is 65.8 cm³/mol. The zero-order chi connectivity index (χ0) is 10.1. The second kappa shape index (κ2) is 4.33. The van der Waals surface area contributed by atoms with E-state index in [-0.39, 0.29) is 0 Å². The molecule has 0 bridgehead atoms. The normalized spacial score (nSPS) is 28.5. The van der Waals surface area contributed by atoms with Gasteiger partial charge in [0.25, 0.3) is 0 Å². The maximum Gasteiger partial charge on any atom is 0.0388 e. The van der Waals surface area contributed by atoms with Gasteiger partial charge in [0.15, 0.2) is 0 Å². The standard InChI is InChI=1S/C11H16BrNS/c1-7-3-10(4-7)13-8(2)11-5-9(12)6-14-11/h5-8,10,13H,3-4H2,1-2H3. The van der Waals surface area contributed by atoms with Crippen LogP contribution in [0.25, 0.3) is 0 Å². The lowest BCUT2D eigenvalue weighted by molar-refractivity contribution is 0.227. The lowest BCUT2D eigenvalue weighted by Crippen LogP contribution is -2.41. The van der Waals surface area contributed by atoms with Gasteiger partial charge in [-0.05, 0) is 47.7 Å². The van der Waals surface area contributed by atoms with E-state index in [2.05, 4.69) is 46.5 Å². The monoisotopic (exact) mass is 273 g/mol. The van der Waals surface area contributed by atoms with Crippen LogP contribution in [0.1, 0.15) is 37.6 Å². The van der Waals surface area contributed by atoms with Crippen LogP contribution in [0.2, 0.25) is 0 Å². The highest BCUT2D eigenvalue weighted by Gasteiger charge is 2.26. The van der Waals surface area contributed by atoms with Crippen molar-refractivity contribution in [1.29, 1.82) is 0 Å². The summed E-state index contributed by atoms with van der Waals surface area (Å²) in [7, 11) is 0. The second-order valence-corrected chi connectivity index (χ2v) is 6.19. The van der Waals surface area contributed by atoms with E-state index in [9.17, 15) is 0 Å². The fourth-order valence-electron chi connectivity index (χ4n) is 2.03. The Morgan fingerprint density at radius 1 is 1.57 bits per heavy atom. The Bertz CT molecular complexity index is 304. The van der Waals surface area contributed by atoms with E-state index in [0.717, 1.165) is 12.0 Å². The highest BCUT2D eigenvalue weighted by molar-refractivity contribution is 9.10. The van der Waals surface area contributed by atoms with Gasteiger partial charge in [-0.25, -0.2) is 0 Å². The first kappa shape index (κ1) is 10.7. The molecule has 1 atom stereocenters. The summed E-state index contributed by atoms with van der Waals surface area (Å²) >= 11 is 5.32. The molecule has 0 saturated heterocycles. The van der Waals surface area contributed by atoms with Gasteiger partial charge in [-0.2, -0.15) is 0 Å². The molecule has 1 aromatic heterocycles. The van der Waals surface area contributed by atoms with Crippen molar-refractivity contribution >= 4 is 27.3 Å². The van der Waals surface area contributed by atoms with E-state index in [0.29, 0.717) is 6.04 Å². The summed E-state index contributed by atoms with van der Waals surface area (Å²) in [5, 5.41) is 5.82. The lowest BCUT2D eigenvalue weighted by atomic mass is 9.81. The van der Waals surface area contributed by atoms with E-state index in [4.69, 9.17) is 0 Å². The summed E-state index contributed by atoms with van der Waals surface area (Å²) in [5.41, 5.74) is 0. The van der Waals surface area contributed by atoms with E-state index in [1.54, 1.807) is 0 Å². The maximum atomic E-state index is 3.67. The van der Waals surface area contributed by atoms with Crippen LogP contribution < -0.4 is 5.32 Å². The molecule has 1 aromatic rings. The van der Waals surface area contributed by atoms with Crippen molar-refractivity contribution in [2.24, 2.45) is 5.92 Å². The fraction of sp³-hybridized carbons (Fsp3) is 0.636. The van der Waals surface area contributed by atoms with Crippen molar-refractivity contribution in [3.63, 3.8) is 0 Å². The molecule has 0 amide bonds. The topological polar surface area (TPSA) is 12.0 Å². The maximum absolute atomic E-state index is 3.67. The van der Waals surface area contributed by atoms with Crippen molar-refractivity contribution in [3.05, 3.63) is 20.8 Å². The molecule has 3 heteroatoms. The fourth-order valence-corrected chi connectivity index (χ4v) is 3.49. The summed E-state index contributed by atoms with van der Waals surface area (Å²) in [4.78, 5) is 1.43. The van der Waals surface area contributed by atoms with Gasteiger partial charge in [-0.15, -0.1) is 11.3 Å². The molecule has 0 aromatic carbocycles. The zero-order valence-corrected chi connectivity index (χ0v) is 11.0. The van der Waals surface area contributed by atoms with Gasteiger partial charge in [0.1, 0.15) is 0 Å². The van der Waals surface area contributed by atoms with Gasteiger partial charge in [-0.3, -0.25) is 0 Å². The van der Waals surface area contributed by atoms with Crippen molar-refractivity contribution < 1.29 is 0 Å². The molecule has 1 aliphatic rings. The molecular weight excluding hydrogens is 258 g/mol. The summed E-state index contributed by atoms with van der Waals surface area (Å²) in [5.74, 6) is 0.926. The van der Waals surface area contributed by atoms with Crippen LogP contribution in [0.5, 0.6) is 0 Å². The molecule has 2 rings (SSSR count).